The van der Waals surface area contributed by atoms with Crippen molar-refractivity contribution in [3.63, 3.8) is 0 Å². The summed E-state index contributed by atoms with van der Waals surface area (Å²) in [4.78, 5) is 0. The molecule has 1 fully saturated rings. The molecule has 2 heterocycles. The third kappa shape index (κ3) is 3.80. The summed E-state index contributed by atoms with van der Waals surface area (Å²) < 4.78 is 5.53. The fourth-order valence-corrected chi connectivity index (χ4v) is 3.14. The number of hydrogen-bond acceptors (Lipinski definition) is 3. The zero-order valence-electron chi connectivity index (χ0n) is 10.9. The Balaban J connectivity index is 2.00. The molecule has 3 heteroatoms. The molecule has 0 saturated carbocycles. The Bertz CT molecular complexity index is 315. The Kier molecular flexibility index (Phi) is 4.60. The molecule has 1 aliphatic heterocycles. The van der Waals surface area contributed by atoms with Gasteiger partial charge in [-0.05, 0) is 47.1 Å². The van der Waals surface area contributed by atoms with Gasteiger partial charge in [0, 0.05) is 25.8 Å². The van der Waals surface area contributed by atoms with Gasteiger partial charge in [0.1, 0.15) is 0 Å². The van der Waals surface area contributed by atoms with Crippen molar-refractivity contribution in [3.8, 4) is 0 Å². The van der Waals surface area contributed by atoms with Crippen LogP contribution in [0.2, 0.25) is 0 Å². The van der Waals surface area contributed by atoms with E-state index in [1.165, 1.54) is 24.8 Å². The quantitative estimate of drug-likeness (QED) is 0.870. The van der Waals surface area contributed by atoms with Gasteiger partial charge in [-0.2, -0.15) is 11.3 Å². The first-order valence-electron chi connectivity index (χ1n) is 6.52. The fourth-order valence-electron chi connectivity index (χ4n) is 2.47. The van der Waals surface area contributed by atoms with E-state index in [0.29, 0.717) is 11.5 Å². The van der Waals surface area contributed by atoms with Gasteiger partial charge in [-0.1, -0.05) is 13.8 Å². The lowest BCUT2D eigenvalue weighted by atomic mass is 9.75. The zero-order valence-corrected chi connectivity index (χ0v) is 11.7. The Labute approximate surface area is 108 Å². The predicted octanol–water partition coefficient (Wildman–Crippen LogP) is 3.09. The summed E-state index contributed by atoms with van der Waals surface area (Å²) in [6, 6.07) is 2.83. The highest BCUT2D eigenvalue weighted by molar-refractivity contribution is 7.07. The number of hydrogen-bond donors (Lipinski definition) is 1. The molecule has 0 bridgehead atoms. The van der Waals surface area contributed by atoms with Crippen LogP contribution >= 0.6 is 11.3 Å². The van der Waals surface area contributed by atoms with Gasteiger partial charge in [0.2, 0.25) is 0 Å². The summed E-state index contributed by atoms with van der Waals surface area (Å²) >= 11 is 1.80. The molecule has 1 aromatic heterocycles. The lowest BCUT2D eigenvalue weighted by Gasteiger charge is -2.38. The van der Waals surface area contributed by atoms with Crippen LogP contribution < -0.4 is 5.32 Å². The van der Waals surface area contributed by atoms with Crippen molar-refractivity contribution in [3.05, 3.63) is 22.4 Å². The van der Waals surface area contributed by atoms with E-state index in [9.17, 15) is 0 Å². The summed E-state index contributed by atoms with van der Waals surface area (Å²) in [6.45, 7) is 7.40. The highest BCUT2D eigenvalue weighted by atomic mass is 32.1. The van der Waals surface area contributed by atoms with Gasteiger partial charge in [-0.25, -0.2) is 0 Å². The molecule has 1 N–H and O–H groups in total. The molecule has 2 rings (SSSR count). The van der Waals surface area contributed by atoms with E-state index in [4.69, 9.17) is 4.74 Å². The molecule has 0 spiro atoms. The van der Waals surface area contributed by atoms with Crippen molar-refractivity contribution in [1.29, 1.82) is 0 Å². The molecule has 96 valence electrons. The molecule has 17 heavy (non-hydrogen) atoms. The summed E-state index contributed by atoms with van der Waals surface area (Å²) in [5.74, 6) is 0. The topological polar surface area (TPSA) is 21.3 Å². The highest BCUT2D eigenvalue weighted by Crippen LogP contribution is 2.34. The van der Waals surface area contributed by atoms with Crippen molar-refractivity contribution >= 4 is 11.3 Å². The van der Waals surface area contributed by atoms with Crippen molar-refractivity contribution < 1.29 is 4.74 Å². The summed E-state index contributed by atoms with van der Waals surface area (Å²) in [5.41, 5.74) is 1.89. The van der Waals surface area contributed by atoms with Gasteiger partial charge in [0.25, 0.3) is 0 Å². The molecule has 0 aromatic carbocycles. The Morgan fingerprint density at radius 1 is 1.41 bits per heavy atom. The number of ether oxygens (including phenoxy) is 1. The van der Waals surface area contributed by atoms with Crippen molar-refractivity contribution in [2.24, 2.45) is 5.41 Å². The van der Waals surface area contributed by atoms with Crippen LogP contribution in [-0.4, -0.2) is 25.8 Å². The summed E-state index contributed by atoms with van der Waals surface area (Å²) in [6.07, 6.45) is 3.56. The van der Waals surface area contributed by atoms with Crippen LogP contribution in [0.3, 0.4) is 0 Å². The van der Waals surface area contributed by atoms with Crippen LogP contribution in [0, 0.1) is 5.41 Å². The highest BCUT2D eigenvalue weighted by Gasteiger charge is 2.32. The third-order valence-electron chi connectivity index (χ3n) is 3.60. The minimum atomic E-state index is 0.406. The molecule has 1 aliphatic rings. The van der Waals surface area contributed by atoms with E-state index in [1.807, 2.05) is 0 Å². The maximum absolute atomic E-state index is 5.53. The second-order valence-corrected chi connectivity index (χ2v) is 6.24. The molecule has 0 unspecified atom stereocenters. The standard InChI is InChI=1S/C14H23NOS/c1-12(2)15-11-14(4-6-16-7-5-14)9-13-3-8-17-10-13/h3,8,10,12,15H,4-7,9,11H2,1-2H3. The first-order valence-corrected chi connectivity index (χ1v) is 7.47. The molecule has 0 radical (unpaired) electrons. The average Bonchev–Trinajstić information content (AvgIpc) is 2.80. The van der Waals surface area contributed by atoms with Gasteiger partial charge in [0.05, 0.1) is 0 Å². The second-order valence-electron chi connectivity index (χ2n) is 5.46. The van der Waals surface area contributed by atoms with E-state index in [1.54, 1.807) is 11.3 Å². The smallest absolute Gasteiger partial charge is 0.0471 e. The van der Waals surface area contributed by atoms with Crippen molar-refractivity contribution in [2.45, 2.75) is 39.2 Å². The normalized spacial score (nSPS) is 19.7. The van der Waals surface area contributed by atoms with E-state index < -0.39 is 0 Å². The molecule has 1 saturated heterocycles. The molecule has 0 amide bonds. The second kappa shape index (κ2) is 5.98. The first-order chi connectivity index (χ1) is 8.20. The largest absolute Gasteiger partial charge is 0.381 e. The summed E-state index contributed by atoms with van der Waals surface area (Å²) in [7, 11) is 0. The van der Waals surface area contributed by atoms with Crippen LogP contribution in [0.15, 0.2) is 16.8 Å². The van der Waals surface area contributed by atoms with Gasteiger partial charge in [-0.3, -0.25) is 0 Å². The number of nitrogens with one attached hydrogen (secondary N) is 1. The SMILES string of the molecule is CC(C)NCC1(Cc2ccsc2)CCOCC1. The fraction of sp³-hybridized carbons (Fsp3) is 0.714. The van der Waals surface area contributed by atoms with Crippen LogP contribution in [0.1, 0.15) is 32.3 Å². The van der Waals surface area contributed by atoms with E-state index >= 15 is 0 Å². The van der Waals surface area contributed by atoms with Gasteiger partial charge in [-0.15, -0.1) is 0 Å². The molecular weight excluding hydrogens is 230 g/mol. The minimum Gasteiger partial charge on any atom is -0.381 e. The van der Waals surface area contributed by atoms with Crippen molar-refractivity contribution in [2.75, 3.05) is 19.8 Å². The van der Waals surface area contributed by atoms with Crippen LogP contribution in [0.25, 0.3) is 0 Å². The van der Waals surface area contributed by atoms with E-state index in [2.05, 4.69) is 36.0 Å². The van der Waals surface area contributed by atoms with Gasteiger partial charge in [0.15, 0.2) is 0 Å². The zero-order chi connectivity index (χ0) is 12.1. The van der Waals surface area contributed by atoms with E-state index in [0.717, 1.165) is 19.8 Å². The molecule has 0 atom stereocenters. The molecule has 1 aromatic rings. The Morgan fingerprint density at radius 2 is 2.18 bits per heavy atom. The van der Waals surface area contributed by atoms with Crippen LogP contribution in [0.5, 0.6) is 0 Å². The lowest BCUT2D eigenvalue weighted by Crippen LogP contribution is -2.42. The number of rotatable bonds is 5. The van der Waals surface area contributed by atoms with Gasteiger partial charge >= 0.3 is 0 Å². The third-order valence-corrected chi connectivity index (χ3v) is 4.33. The van der Waals surface area contributed by atoms with Gasteiger partial charge < -0.3 is 10.1 Å². The van der Waals surface area contributed by atoms with Crippen molar-refractivity contribution in [1.82, 2.24) is 5.32 Å². The Hall–Kier alpha value is -0.380. The first kappa shape index (κ1) is 13.1. The average molecular weight is 253 g/mol. The van der Waals surface area contributed by atoms with E-state index in [-0.39, 0.29) is 0 Å². The Morgan fingerprint density at radius 3 is 2.76 bits per heavy atom. The maximum atomic E-state index is 5.53. The van der Waals surface area contributed by atoms with Crippen LogP contribution in [-0.2, 0) is 11.2 Å². The molecule has 0 aliphatic carbocycles. The lowest BCUT2D eigenvalue weighted by molar-refractivity contribution is 0.0141. The molecule has 2 nitrogen and oxygen atoms in total. The summed E-state index contributed by atoms with van der Waals surface area (Å²) in [5, 5.41) is 8.08. The monoisotopic (exact) mass is 253 g/mol. The maximum Gasteiger partial charge on any atom is 0.0471 e. The minimum absolute atomic E-state index is 0.406. The molecular formula is C14H23NOS. The van der Waals surface area contributed by atoms with Crippen LogP contribution in [0.4, 0.5) is 0 Å². The predicted molar refractivity (Wildman–Crippen MR) is 73.6 cm³/mol. The number of thiophene rings is 1.